The Bertz CT molecular complexity index is 434. The van der Waals surface area contributed by atoms with Crippen LogP contribution in [0.1, 0.15) is 17.7 Å². The molecule has 5 nitrogen and oxygen atoms in total. The maximum Gasteiger partial charge on any atom is 0.330 e. The quantitative estimate of drug-likeness (QED) is 0.737. The molecule has 84 valence electrons. The zero-order valence-electron chi connectivity index (χ0n) is 9.28. The summed E-state index contributed by atoms with van der Waals surface area (Å²) in [5.74, 6) is 0. The van der Waals surface area contributed by atoms with E-state index in [4.69, 9.17) is 5.11 Å². The highest BCUT2D eigenvalue weighted by molar-refractivity contribution is 5.14. The molecule has 1 aromatic rings. The second-order valence-electron chi connectivity index (χ2n) is 3.59. The van der Waals surface area contributed by atoms with Gasteiger partial charge in [-0.15, -0.1) is 0 Å². The Labute approximate surface area is 87.6 Å². The first-order valence-electron chi connectivity index (χ1n) is 4.88. The molecule has 0 amide bonds. The van der Waals surface area contributed by atoms with E-state index in [2.05, 4.69) is 0 Å². The minimum Gasteiger partial charge on any atom is -0.396 e. The molecule has 0 spiro atoms. The fourth-order valence-corrected chi connectivity index (χ4v) is 1.45. The molecule has 1 heterocycles. The largest absolute Gasteiger partial charge is 0.396 e. The van der Waals surface area contributed by atoms with Crippen molar-refractivity contribution in [3.8, 4) is 0 Å². The van der Waals surface area contributed by atoms with Gasteiger partial charge in [-0.25, -0.2) is 4.79 Å². The molecule has 0 aliphatic carbocycles. The van der Waals surface area contributed by atoms with E-state index in [1.807, 2.05) is 0 Å². The Morgan fingerprint density at radius 3 is 2.40 bits per heavy atom. The number of hydrogen-bond acceptors (Lipinski definition) is 3. The molecular formula is C10H16N2O3. The van der Waals surface area contributed by atoms with Gasteiger partial charge < -0.3 is 9.67 Å². The van der Waals surface area contributed by atoms with Crippen molar-refractivity contribution in [3.63, 3.8) is 0 Å². The van der Waals surface area contributed by atoms with Crippen molar-refractivity contribution in [1.82, 2.24) is 9.13 Å². The Balaban J connectivity index is 3.40. The van der Waals surface area contributed by atoms with Crippen molar-refractivity contribution in [2.45, 2.75) is 26.8 Å². The van der Waals surface area contributed by atoms with Gasteiger partial charge in [0.25, 0.3) is 5.56 Å². The maximum absolute atomic E-state index is 11.7. The molecule has 0 aromatic carbocycles. The van der Waals surface area contributed by atoms with E-state index >= 15 is 0 Å². The van der Waals surface area contributed by atoms with Gasteiger partial charge in [0.2, 0.25) is 0 Å². The average molecular weight is 212 g/mol. The van der Waals surface area contributed by atoms with Crippen LogP contribution < -0.4 is 11.2 Å². The van der Waals surface area contributed by atoms with Crippen LogP contribution in [0.5, 0.6) is 0 Å². The molecule has 15 heavy (non-hydrogen) atoms. The minimum absolute atomic E-state index is 0.0253. The summed E-state index contributed by atoms with van der Waals surface area (Å²) >= 11 is 0. The molecule has 0 saturated heterocycles. The molecule has 1 aromatic heterocycles. The van der Waals surface area contributed by atoms with Gasteiger partial charge >= 0.3 is 5.69 Å². The summed E-state index contributed by atoms with van der Waals surface area (Å²) < 4.78 is 2.62. The first kappa shape index (κ1) is 11.7. The number of aromatic nitrogens is 2. The second-order valence-corrected chi connectivity index (χ2v) is 3.59. The zero-order valence-corrected chi connectivity index (χ0v) is 9.28. The van der Waals surface area contributed by atoms with Crippen molar-refractivity contribution in [3.05, 3.63) is 32.1 Å². The van der Waals surface area contributed by atoms with Gasteiger partial charge in [-0.05, 0) is 20.3 Å². The van der Waals surface area contributed by atoms with Crippen LogP contribution in [0.25, 0.3) is 0 Å². The summed E-state index contributed by atoms with van der Waals surface area (Å²) in [7, 11) is 1.64. The average Bonchev–Trinajstić information content (AvgIpc) is 2.24. The molecule has 1 N–H and O–H groups in total. The second kappa shape index (κ2) is 4.44. The lowest BCUT2D eigenvalue weighted by Gasteiger charge is -2.11. The maximum atomic E-state index is 11.7. The van der Waals surface area contributed by atoms with E-state index in [0.717, 1.165) is 0 Å². The lowest BCUT2D eigenvalue weighted by atomic mass is 10.2. The van der Waals surface area contributed by atoms with Gasteiger partial charge in [-0.3, -0.25) is 9.36 Å². The Kier molecular flexibility index (Phi) is 3.47. The number of aliphatic hydroxyl groups excluding tert-OH is 1. The van der Waals surface area contributed by atoms with Gasteiger partial charge in [0.15, 0.2) is 0 Å². The standard InChI is InChI=1S/C10H16N2O3/c1-7-8(2)11(3)10(15)12(9(7)14)5-4-6-13/h13H,4-6H2,1-3H3. The van der Waals surface area contributed by atoms with E-state index < -0.39 is 0 Å². The van der Waals surface area contributed by atoms with Gasteiger partial charge in [-0.2, -0.15) is 0 Å². The van der Waals surface area contributed by atoms with Crippen molar-refractivity contribution >= 4 is 0 Å². The summed E-state index contributed by atoms with van der Waals surface area (Å²) in [5.41, 5.74) is 0.681. The van der Waals surface area contributed by atoms with Crippen LogP contribution in [-0.4, -0.2) is 20.8 Å². The zero-order chi connectivity index (χ0) is 11.6. The van der Waals surface area contributed by atoms with E-state index in [1.54, 1.807) is 20.9 Å². The molecule has 0 radical (unpaired) electrons. The topological polar surface area (TPSA) is 64.2 Å². The molecule has 0 bridgehead atoms. The SMILES string of the molecule is Cc1c(C)n(C)c(=O)n(CCCO)c1=O. The molecule has 0 saturated carbocycles. The number of nitrogens with zero attached hydrogens (tertiary/aromatic N) is 2. The summed E-state index contributed by atoms with van der Waals surface area (Å²) in [5, 5.41) is 8.68. The lowest BCUT2D eigenvalue weighted by molar-refractivity contribution is 0.277. The van der Waals surface area contributed by atoms with Gasteiger partial charge in [0.05, 0.1) is 0 Å². The van der Waals surface area contributed by atoms with Gasteiger partial charge in [0, 0.05) is 31.5 Å². The first-order chi connectivity index (χ1) is 7.00. The number of aliphatic hydroxyl groups is 1. The summed E-state index contributed by atoms with van der Waals surface area (Å²) in [6.45, 7) is 3.69. The summed E-state index contributed by atoms with van der Waals surface area (Å²) in [6, 6.07) is 0. The van der Waals surface area contributed by atoms with Gasteiger partial charge in [-0.1, -0.05) is 0 Å². The van der Waals surface area contributed by atoms with Crippen molar-refractivity contribution in [2.75, 3.05) is 6.61 Å². The van der Waals surface area contributed by atoms with Crippen LogP contribution in [0.2, 0.25) is 0 Å². The predicted molar refractivity (Wildman–Crippen MR) is 57.1 cm³/mol. The molecule has 0 aliphatic heterocycles. The fraction of sp³-hybridized carbons (Fsp3) is 0.600. The van der Waals surface area contributed by atoms with E-state index in [-0.39, 0.29) is 24.4 Å². The summed E-state index contributed by atoms with van der Waals surface area (Å²) in [4.78, 5) is 23.4. The van der Waals surface area contributed by atoms with Crippen LogP contribution in [0.4, 0.5) is 0 Å². The van der Waals surface area contributed by atoms with E-state index in [1.165, 1.54) is 9.13 Å². The number of hydrogen-bond donors (Lipinski definition) is 1. The fourth-order valence-electron chi connectivity index (χ4n) is 1.45. The van der Waals surface area contributed by atoms with E-state index in [0.29, 0.717) is 17.7 Å². The van der Waals surface area contributed by atoms with Crippen molar-refractivity contribution in [1.29, 1.82) is 0 Å². The third-order valence-electron chi connectivity index (χ3n) is 2.67. The van der Waals surface area contributed by atoms with Crippen LogP contribution in [-0.2, 0) is 13.6 Å². The summed E-state index contributed by atoms with van der Waals surface area (Å²) in [6.07, 6.45) is 0.414. The third-order valence-corrected chi connectivity index (χ3v) is 2.67. The molecule has 0 unspecified atom stereocenters. The predicted octanol–water partition coefficient (Wildman–Crippen LogP) is -0.454. The molecule has 0 aliphatic rings. The van der Waals surface area contributed by atoms with Crippen LogP contribution in [0, 0.1) is 13.8 Å². The highest BCUT2D eigenvalue weighted by atomic mass is 16.3. The Hall–Kier alpha value is -1.36. The smallest absolute Gasteiger partial charge is 0.330 e. The van der Waals surface area contributed by atoms with Crippen LogP contribution in [0.3, 0.4) is 0 Å². The monoisotopic (exact) mass is 212 g/mol. The highest BCUT2D eigenvalue weighted by Gasteiger charge is 2.09. The normalized spacial score (nSPS) is 10.7. The molecule has 5 heteroatoms. The van der Waals surface area contributed by atoms with E-state index in [9.17, 15) is 9.59 Å². The molecule has 1 rings (SSSR count). The molecular weight excluding hydrogens is 196 g/mol. The first-order valence-corrected chi connectivity index (χ1v) is 4.88. The Morgan fingerprint density at radius 1 is 1.27 bits per heavy atom. The van der Waals surface area contributed by atoms with Crippen LogP contribution >= 0.6 is 0 Å². The molecule has 0 atom stereocenters. The third kappa shape index (κ3) is 2.02. The van der Waals surface area contributed by atoms with Crippen molar-refractivity contribution < 1.29 is 5.11 Å². The highest BCUT2D eigenvalue weighted by Crippen LogP contribution is 1.95. The number of rotatable bonds is 3. The molecule has 0 fully saturated rings. The van der Waals surface area contributed by atoms with Gasteiger partial charge in [0.1, 0.15) is 0 Å². The van der Waals surface area contributed by atoms with Crippen LogP contribution in [0.15, 0.2) is 9.59 Å². The Morgan fingerprint density at radius 2 is 1.87 bits per heavy atom. The lowest BCUT2D eigenvalue weighted by Crippen LogP contribution is -2.41. The minimum atomic E-state index is -0.323. The van der Waals surface area contributed by atoms with Crippen molar-refractivity contribution in [2.24, 2.45) is 7.05 Å².